The number of carbonyl (C=O) groups excluding carboxylic acids is 2. The molecule has 1 aliphatic heterocycles. The molecule has 2 atom stereocenters. The number of hydrogen-bond acceptors (Lipinski definition) is 2. The van der Waals surface area contributed by atoms with Gasteiger partial charge in [0.1, 0.15) is 5.78 Å². The van der Waals surface area contributed by atoms with E-state index in [0.717, 1.165) is 45.1 Å². The van der Waals surface area contributed by atoms with Crippen molar-refractivity contribution in [2.24, 2.45) is 11.8 Å². The van der Waals surface area contributed by atoms with Crippen LogP contribution in [-0.4, -0.2) is 29.2 Å². The summed E-state index contributed by atoms with van der Waals surface area (Å²) in [5, 5.41) is 0. The molecule has 0 N–H and O–H groups in total. The molecule has 2 aliphatic rings. The van der Waals surface area contributed by atoms with E-state index in [1.54, 1.807) is 0 Å². The maximum atomic E-state index is 12.2. The largest absolute Gasteiger partial charge is 0.339 e. The highest BCUT2D eigenvalue weighted by atomic mass is 16.2. The zero-order valence-corrected chi connectivity index (χ0v) is 11.7. The van der Waals surface area contributed by atoms with Gasteiger partial charge < -0.3 is 4.90 Å². The van der Waals surface area contributed by atoms with Crippen molar-refractivity contribution in [3.8, 4) is 0 Å². The topological polar surface area (TPSA) is 37.4 Å². The first-order chi connectivity index (χ1) is 8.59. The van der Waals surface area contributed by atoms with Crippen LogP contribution in [0, 0.1) is 11.8 Å². The lowest BCUT2D eigenvalue weighted by molar-refractivity contribution is -0.136. The highest BCUT2D eigenvalue weighted by Gasteiger charge is 2.38. The van der Waals surface area contributed by atoms with Crippen molar-refractivity contribution in [2.45, 2.75) is 64.8 Å². The minimum atomic E-state index is 0.136. The fraction of sp³-hybridized carbons (Fsp3) is 0.867. The number of ketones is 1. The summed E-state index contributed by atoms with van der Waals surface area (Å²) in [4.78, 5) is 26.3. The Balaban J connectivity index is 2.02. The van der Waals surface area contributed by atoms with E-state index in [4.69, 9.17) is 0 Å². The van der Waals surface area contributed by atoms with Crippen molar-refractivity contribution in [1.82, 2.24) is 4.90 Å². The molecule has 3 nitrogen and oxygen atoms in total. The van der Waals surface area contributed by atoms with E-state index in [0.29, 0.717) is 18.1 Å². The summed E-state index contributed by atoms with van der Waals surface area (Å²) < 4.78 is 0. The predicted molar refractivity (Wildman–Crippen MR) is 71.2 cm³/mol. The Morgan fingerprint density at radius 3 is 2.72 bits per heavy atom. The molecule has 1 aliphatic carbocycles. The molecule has 3 heteroatoms. The fourth-order valence-corrected chi connectivity index (χ4v) is 3.40. The summed E-state index contributed by atoms with van der Waals surface area (Å²) >= 11 is 0. The first kappa shape index (κ1) is 13.6. The standard InChI is InChI=1S/C15H25NO2/c1-11(2)10-15(18)16-9-5-7-13(16)12-6-3-4-8-14(12)17/h11-13H,3-10H2,1-2H3. The van der Waals surface area contributed by atoms with E-state index in [2.05, 4.69) is 13.8 Å². The molecular weight excluding hydrogens is 226 g/mol. The SMILES string of the molecule is CC(C)CC(=O)N1CCCC1C1CCCCC1=O. The minimum Gasteiger partial charge on any atom is -0.339 e. The molecule has 0 spiro atoms. The van der Waals surface area contributed by atoms with E-state index in [9.17, 15) is 9.59 Å². The van der Waals surface area contributed by atoms with Crippen LogP contribution in [0.5, 0.6) is 0 Å². The van der Waals surface area contributed by atoms with Crippen LogP contribution in [0.4, 0.5) is 0 Å². The number of Topliss-reactive ketones (excluding diaryl/α,β-unsaturated/α-hetero) is 1. The van der Waals surface area contributed by atoms with E-state index in [-0.39, 0.29) is 17.9 Å². The average Bonchev–Trinajstić information content (AvgIpc) is 2.77. The van der Waals surface area contributed by atoms with Gasteiger partial charge in [0.15, 0.2) is 0 Å². The van der Waals surface area contributed by atoms with E-state index >= 15 is 0 Å². The first-order valence-corrected chi connectivity index (χ1v) is 7.41. The van der Waals surface area contributed by atoms with Crippen molar-refractivity contribution in [3.63, 3.8) is 0 Å². The van der Waals surface area contributed by atoms with Crippen LogP contribution in [0.2, 0.25) is 0 Å². The molecule has 0 aromatic rings. The van der Waals surface area contributed by atoms with Gasteiger partial charge in [-0.1, -0.05) is 20.3 Å². The third-order valence-electron chi connectivity index (χ3n) is 4.27. The van der Waals surface area contributed by atoms with Crippen LogP contribution >= 0.6 is 0 Å². The number of rotatable bonds is 3. The quantitative estimate of drug-likeness (QED) is 0.773. The van der Waals surface area contributed by atoms with Crippen LogP contribution in [0.15, 0.2) is 0 Å². The van der Waals surface area contributed by atoms with Crippen LogP contribution in [0.3, 0.4) is 0 Å². The third kappa shape index (κ3) is 2.93. The molecule has 0 bridgehead atoms. The van der Waals surface area contributed by atoms with Gasteiger partial charge in [-0.2, -0.15) is 0 Å². The van der Waals surface area contributed by atoms with Crippen molar-refractivity contribution in [2.75, 3.05) is 6.54 Å². The molecule has 1 heterocycles. The maximum Gasteiger partial charge on any atom is 0.223 e. The highest BCUT2D eigenvalue weighted by molar-refractivity contribution is 5.84. The van der Waals surface area contributed by atoms with Crippen LogP contribution < -0.4 is 0 Å². The third-order valence-corrected chi connectivity index (χ3v) is 4.27. The second kappa shape index (κ2) is 5.85. The van der Waals surface area contributed by atoms with Crippen molar-refractivity contribution in [1.29, 1.82) is 0 Å². The molecule has 2 rings (SSSR count). The molecule has 1 amide bonds. The lowest BCUT2D eigenvalue weighted by Gasteiger charge is -2.33. The lowest BCUT2D eigenvalue weighted by atomic mass is 9.81. The Kier molecular flexibility index (Phi) is 4.41. The summed E-state index contributed by atoms with van der Waals surface area (Å²) in [5.41, 5.74) is 0. The summed E-state index contributed by atoms with van der Waals surface area (Å²) in [7, 11) is 0. The van der Waals surface area contributed by atoms with Crippen LogP contribution in [0.1, 0.15) is 58.8 Å². The minimum absolute atomic E-state index is 0.136. The Labute approximate surface area is 110 Å². The molecular formula is C15H25NO2. The zero-order valence-electron chi connectivity index (χ0n) is 11.7. The molecule has 0 aromatic carbocycles. The first-order valence-electron chi connectivity index (χ1n) is 7.41. The predicted octanol–water partition coefficient (Wildman–Crippen LogP) is 2.78. The molecule has 1 saturated carbocycles. The Hall–Kier alpha value is -0.860. The number of likely N-dealkylation sites (tertiary alicyclic amines) is 1. The lowest BCUT2D eigenvalue weighted by Crippen LogP contribution is -2.44. The van der Waals surface area contributed by atoms with Crippen molar-refractivity contribution >= 4 is 11.7 Å². The molecule has 18 heavy (non-hydrogen) atoms. The second-order valence-electron chi connectivity index (χ2n) is 6.21. The van der Waals surface area contributed by atoms with E-state index in [1.165, 1.54) is 0 Å². The summed E-state index contributed by atoms with van der Waals surface area (Å²) in [6.45, 7) is 5.02. The molecule has 2 fully saturated rings. The normalized spacial score (nSPS) is 29.1. The second-order valence-corrected chi connectivity index (χ2v) is 6.21. The maximum absolute atomic E-state index is 12.2. The monoisotopic (exact) mass is 251 g/mol. The van der Waals surface area contributed by atoms with Gasteiger partial charge in [0, 0.05) is 31.3 Å². The Morgan fingerprint density at radius 1 is 1.28 bits per heavy atom. The van der Waals surface area contributed by atoms with Gasteiger partial charge in [0.2, 0.25) is 5.91 Å². The van der Waals surface area contributed by atoms with E-state index in [1.807, 2.05) is 4.90 Å². The van der Waals surface area contributed by atoms with Crippen molar-refractivity contribution < 1.29 is 9.59 Å². The summed E-state index contributed by atoms with van der Waals surface area (Å²) in [6, 6.07) is 0.212. The summed E-state index contributed by atoms with van der Waals surface area (Å²) in [5.74, 6) is 1.19. The number of carbonyl (C=O) groups is 2. The summed E-state index contributed by atoms with van der Waals surface area (Å²) in [6.07, 6.45) is 6.64. The van der Waals surface area contributed by atoms with Gasteiger partial charge in [0.25, 0.3) is 0 Å². The van der Waals surface area contributed by atoms with Gasteiger partial charge in [-0.25, -0.2) is 0 Å². The zero-order chi connectivity index (χ0) is 13.1. The smallest absolute Gasteiger partial charge is 0.223 e. The Morgan fingerprint density at radius 2 is 2.06 bits per heavy atom. The molecule has 0 aromatic heterocycles. The Bertz CT molecular complexity index is 324. The van der Waals surface area contributed by atoms with Crippen LogP contribution in [0.25, 0.3) is 0 Å². The van der Waals surface area contributed by atoms with E-state index < -0.39 is 0 Å². The highest BCUT2D eigenvalue weighted by Crippen LogP contribution is 2.32. The number of hydrogen-bond donors (Lipinski definition) is 0. The molecule has 0 radical (unpaired) electrons. The average molecular weight is 251 g/mol. The van der Waals surface area contributed by atoms with Gasteiger partial charge >= 0.3 is 0 Å². The van der Waals surface area contributed by atoms with Gasteiger partial charge in [-0.3, -0.25) is 9.59 Å². The fourth-order valence-electron chi connectivity index (χ4n) is 3.40. The molecule has 102 valence electrons. The van der Waals surface area contributed by atoms with Crippen molar-refractivity contribution in [3.05, 3.63) is 0 Å². The van der Waals surface area contributed by atoms with Gasteiger partial charge in [0.05, 0.1) is 0 Å². The number of nitrogens with zero attached hydrogens (tertiary/aromatic N) is 1. The molecule has 1 saturated heterocycles. The number of amides is 1. The van der Waals surface area contributed by atoms with Crippen LogP contribution in [-0.2, 0) is 9.59 Å². The van der Waals surface area contributed by atoms with Gasteiger partial charge in [-0.05, 0) is 31.6 Å². The van der Waals surface area contributed by atoms with Gasteiger partial charge in [-0.15, -0.1) is 0 Å². The molecule has 2 unspecified atom stereocenters.